The van der Waals surface area contributed by atoms with Gasteiger partial charge in [0.2, 0.25) is 0 Å². The fraction of sp³-hybridized carbons (Fsp3) is 1.00. The molecule has 7 heavy (non-hydrogen) atoms. The summed E-state index contributed by atoms with van der Waals surface area (Å²) >= 11 is 0. The van der Waals surface area contributed by atoms with Gasteiger partial charge < -0.3 is 6.15 Å². The van der Waals surface area contributed by atoms with Crippen molar-refractivity contribution in [2.24, 2.45) is 4.36 Å². The molecule has 0 rings (SSSR count). The van der Waals surface area contributed by atoms with Crippen molar-refractivity contribution in [3.63, 3.8) is 0 Å². The molecule has 0 bridgehead atoms. The average molecular weight is 124 g/mol. The van der Waals surface area contributed by atoms with E-state index in [1.807, 2.05) is 0 Å². The Hall–Kier alpha value is -0.420. The molecule has 0 aliphatic rings. The topological polar surface area (TPSA) is 81.5 Å². The van der Waals surface area contributed by atoms with Crippen LogP contribution in [0.15, 0.2) is 4.36 Å². The molecule has 0 saturated carbocycles. The molecule has 0 atom stereocenters. The molecular formula is C2H8N2O2S. The van der Waals surface area contributed by atoms with Crippen LogP contribution >= 0.6 is 0 Å². The highest BCUT2D eigenvalue weighted by molar-refractivity contribution is 7.61. The molecule has 0 aromatic carbocycles. The summed E-state index contributed by atoms with van der Waals surface area (Å²) in [6, 6.07) is 0. The van der Waals surface area contributed by atoms with Gasteiger partial charge in [0.15, 0.2) is 0 Å². The molecule has 0 fully saturated rings. The van der Waals surface area contributed by atoms with Crippen molar-refractivity contribution in [2.45, 2.75) is 6.92 Å². The Kier molecular flexibility index (Phi) is 7.79. The minimum absolute atomic E-state index is 0. The van der Waals surface area contributed by atoms with Crippen molar-refractivity contribution < 1.29 is 8.42 Å². The predicted octanol–water partition coefficient (Wildman–Crippen LogP) is 0.231. The maximum Gasteiger partial charge on any atom is 0.311 e. The van der Waals surface area contributed by atoms with Crippen molar-refractivity contribution in [3.8, 4) is 0 Å². The summed E-state index contributed by atoms with van der Waals surface area (Å²) in [5, 5.41) is 0. The van der Waals surface area contributed by atoms with E-state index in [2.05, 4.69) is 4.36 Å². The van der Waals surface area contributed by atoms with Crippen LogP contribution in [-0.2, 0) is 10.5 Å². The van der Waals surface area contributed by atoms with E-state index in [0.717, 1.165) is 0 Å². The molecule has 0 radical (unpaired) electrons. The average Bonchev–Trinajstić information content (AvgIpc) is 1.35. The number of hydrogen-bond donors (Lipinski definition) is 1. The lowest BCUT2D eigenvalue weighted by atomic mass is 10.8. The van der Waals surface area contributed by atoms with Gasteiger partial charge in [-0.15, -0.1) is 0 Å². The van der Waals surface area contributed by atoms with E-state index in [-0.39, 0.29) is 6.15 Å². The third kappa shape index (κ3) is 10.7. The van der Waals surface area contributed by atoms with Crippen LogP contribution in [0, 0.1) is 0 Å². The van der Waals surface area contributed by atoms with Gasteiger partial charge in [-0.1, -0.05) is 0 Å². The first-order chi connectivity index (χ1) is 2.77. The van der Waals surface area contributed by atoms with E-state index in [1.54, 1.807) is 6.92 Å². The third-order valence-corrected chi connectivity index (χ3v) is 0.704. The Balaban J connectivity index is 0. The molecule has 5 heteroatoms. The number of rotatable bonds is 1. The first-order valence-corrected chi connectivity index (χ1v) is 2.57. The lowest BCUT2D eigenvalue weighted by Gasteiger charge is -1.59. The van der Waals surface area contributed by atoms with E-state index < -0.39 is 10.5 Å². The van der Waals surface area contributed by atoms with Crippen molar-refractivity contribution in [1.29, 1.82) is 0 Å². The maximum absolute atomic E-state index is 9.43. The van der Waals surface area contributed by atoms with E-state index >= 15 is 0 Å². The minimum Gasteiger partial charge on any atom is -0.344 e. The SMILES string of the molecule is CCN=S(=O)=O.N. The third-order valence-electron chi connectivity index (χ3n) is 0.235. The van der Waals surface area contributed by atoms with E-state index in [9.17, 15) is 8.42 Å². The van der Waals surface area contributed by atoms with Gasteiger partial charge in [-0.3, -0.25) is 0 Å². The van der Waals surface area contributed by atoms with Crippen LogP contribution in [0.4, 0.5) is 0 Å². The second kappa shape index (κ2) is 5.58. The Bertz CT molecular complexity index is 128. The van der Waals surface area contributed by atoms with Gasteiger partial charge in [0.25, 0.3) is 0 Å². The summed E-state index contributed by atoms with van der Waals surface area (Å²) in [6.45, 7) is 2.01. The van der Waals surface area contributed by atoms with Gasteiger partial charge in [-0.05, 0) is 6.92 Å². The summed E-state index contributed by atoms with van der Waals surface area (Å²) < 4.78 is 21.9. The molecule has 0 saturated heterocycles. The number of hydrogen-bond acceptors (Lipinski definition) is 4. The molecule has 0 unspecified atom stereocenters. The fourth-order valence-electron chi connectivity index (χ4n) is 0.105. The van der Waals surface area contributed by atoms with Gasteiger partial charge in [-0.2, -0.15) is 12.8 Å². The summed E-state index contributed by atoms with van der Waals surface area (Å²) in [7, 11) is -2.19. The lowest BCUT2D eigenvalue weighted by molar-refractivity contribution is 0.620. The monoisotopic (exact) mass is 124 g/mol. The Morgan fingerprint density at radius 1 is 1.57 bits per heavy atom. The second-order valence-corrected chi connectivity index (χ2v) is 1.35. The zero-order valence-electron chi connectivity index (χ0n) is 4.09. The van der Waals surface area contributed by atoms with E-state index in [0.29, 0.717) is 6.54 Å². The normalized spacial score (nSPS) is 6.43. The van der Waals surface area contributed by atoms with Crippen LogP contribution in [0.25, 0.3) is 0 Å². The summed E-state index contributed by atoms with van der Waals surface area (Å²) in [5.41, 5.74) is 0. The highest BCUT2D eigenvalue weighted by Crippen LogP contribution is 1.58. The number of nitrogens with zero attached hydrogens (tertiary/aromatic N) is 1. The van der Waals surface area contributed by atoms with Crippen LogP contribution in [0.3, 0.4) is 0 Å². The standard InChI is InChI=1S/C2H5NO2S.H3N/c1-2-3-6(4)5;/h2H2,1H3;1H3. The zero-order valence-corrected chi connectivity index (χ0v) is 4.90. The molecule has 3 N–H and O–H groups in total. The van der Waals surface area contributed by atoms with Gasteiger partial charge in [0.1, 0.15) is 0 Å². The Morgan fingerprint density at radius 3 is 2.00 bits per heavy atom. The molecule has 0 aromatic heterocycles. The lowest BCUT2D eigenvalue weighted by Crippen LogP contribution is -1.61. The zero-order chi connectivity index (χ0) is 4.99. The van der Waals surface area contributed by atoms with Gasteiger partial charge in [-0.25, -0.2) is 0 Å². The molecule has 0 spiro atoms. The van der Waals surface area contributed by atoms with Gasteiger partial charge in [0.05, 0.1) is 6.54 Å². The molecule has 0 aromatic rings. The van der Waals surface area contributed by atoms with Gasteiger partial charge in [0, 0.05) is 0 Å². The molecule has 0 aliphatic carbocycles. The Labute approximate surface area is 43.8 Å². The van der Waals surface area contributed by atoms with Crippen LogP contribution < -0.4 is 6.15 Å². The van der Waals surface area contributed by atoms with Crippen LogP contribution in [-0.4, -0.2) is 15.0 Å². The Morgan fingerprint density at radius 2 is 2.00 bits per heavy atom. The summed E-state index contributed by atoms with van der Waals surface area (Å²) in [5.74, 6) is 0. The molecule has 44 valence electrons. The van der Waals surface area contributed by atoms with E-state index in [4.69, 9.17) is 0 Å². The van der Waals surface area contributed by atoms with Crippen molar-refractivity contribution in [3.05, 3.63) is 0 Å². The fourth-order valence-corrected chi connectivity index (χ4v) is 0.316. The van der Waals surface area contributed by atoms with Crippen molar-refractivity contribution in [1.82, 2.24) is 6.15 Å². The van der Waals surface area contributed by atoms with Crippen LogP contribution in [0.2, 0.25) is 0 Å². The molecule has 4 nitrogen and oxygen atoms in total. The first kappa shape index (κ1) is 9.77. The molecule has 0 heterocycles. The van der Waals surface area contributed by atoms with E-state index in [1.165, 1.54) is 0 Å². The molecular weight excluding hydrogens is 116 g/mol. The quantitative estimate of drug-likeness (QED) is 0.543. The smallest absolute Gasteiger partial charge is 0.311 e. The molecule has 0 amide bonds. The highest BCUT2D eigenvalue weighted by atomic mass is 32.2. The van der Waals surface area contributed by atoms with Crippen LogP contribution in [0.5, 0.6) is 0 Å². The summed E-state index contributed by atoms with van der Waals surface area (Å²) in [4.78, 5) is 0. The van der Waals surface area contributed by atoms with Crippen molar-refractivity contribution >= 4 is 10.5 Å². The summed E-state index contributed by atoms with van der Waals surface area (Å²) in [6.07, 6.45) is 0. The van der Waals surface area contributed by atoms with Gasteiger partial charge >= 0.3 is 10.5 Å². The molecule has 0 aliphatic heterocycles. The second-order valence-electron chi connectivity index (χ2n) is 0.662. The maximum atomic E-state index is 9.43. The minimum atomic E-state index is -2.19. The van der Waals surface area contributed by atoms with Crippen LogP contribution in [0.1, 0.15) is 6.92 Å². The van der Waals surface area contributed by atoms with Crippen molar-refractivity contribution in [2.75, 3.05) is 6.54 Å². The largest absolute Gasteiger partial charge is 0.344 e. The predicted molar refractivity (Wildman–Crippen MR) is 26.9 cm³/mol. The first-order valence-electron chi connectivity index (χ1n) is 1.54. The highest BCUT2D eigenvalue weighted by Gasteiger charge is 1.60.